The quantitative estimate of drug-likeness (QED) is 0.872. The largest absolute Gasteiger partial charge is 0.399 e. The Morgan fingerprint density at radius 2 is 1.62 bits per heavy atom. The van der Waals surface area contributed by atoms with Crippen LogP contribution in [0.5, 0.6) is 0 Å². The van der Waals surface area contributed by atoms with E-state index >= 15 is 0 Å². The molecule has 110 valence electrons. The summed E-state index contributed by atoms with van der Waals surface area (Å²) in [5, 5.41) is 0. The molecule has 1 fully saturated rings. The van der Waals surface area contributed by atoms with Crippen molar-refractivity contribution in [3.8, 4) is 0 Å². The summed E-state index contributed by atoms with van der Waals surface area (Å²) in [6.07, 6.45) is 3.59. The fraction of sp³-hybridized carbons (Fsp3) is 0.375. The second-order valence-corrected chi connectivity index (χ2v) is 5.41. The molecule has 0 aliphatic carbocycles. The SMILES string of the molecule is CC(c1ccc(N)cc1)N1CCN(c2ncccn2)CC1. The van der Waals surface area contributed by atoms with Gasteiger partial charge in [-0.2, -0.15) is 0 Å². The number of hydrogen-bond acceptors (Lipinski definition) is 5. The first-order valence-corrected chi connectivity index (χ1v) is 7.35. The Morgan fingerprint density at radius 1 is 1.00 bits per heavy atom. The number of nitrogens with two attached hydrogens (primary N) is 1. The molecule has 1 saturated heterocycles. The van der Waals surface area contributed by atoms with Gasteiger partial charge in [0.25, 0.3) is 0 Å². The average Bonchev–Trinajstić information content (AvgIpc) is 2.56. The van der Waals surface area contributed by atoms with Crippen molar-refractivity contribution < 1.29 is 0 Å². The molecule has 0 saturated carbocycles. The summed E-state index contributed by atoms with van der Waals surface area (Å²) < 4.78 is 0. The third-order valence-corrected chi connectivity index (χ3v) is 4.12. The highest BCUT2D eigenvalue weighted by Crippen LogP contribution is 2.23. The second-order valence-electron chi connectivity index (χ2n) is 5.41. The highest BCUT2D eigenvalue weighted by Gasteiger charge is 2.23. The van der Waals surface area contributed by atoms with Crippen LogP contribution in [0.3, 0.4) is 0 Å². The summed E-state index contributed by atoms with van der Waals surface area (Å²) in [6, 6.07) is 10.4. The van der Waals surface area contributed by atoms with E-state index in [2.05, 4.69) is 38.8 Å². The number of benzene rings is 1. The highest BCUT2D eigenvalue weighted by molar-refractivity contribution is 5.40. The van der Waals surface area contributed by atoms with Gasteiger partial charge < -0.3 is 10.6 Å². The van der Waals surface area contributed by atoms with Crippen LogP contribution < -0.4 is 10.6 Å². The molecule has 0 amide bonds. The van der Waals surface area contributed by atoms with Crippen molar-refractivity contribution in [3.63, 3.8) is 0 Å². The topological polar surface area (TPSA) is 58.3 Å². The molecule has 2 aromatic rings. The Balaban J connectivity index is 1.61. The summed E-state index contributed by atoms with van der Waals surface area (Å²) in [5.74, 6) is 0.831. The molecule has 1 aromatic heterocycles. The van der Waals surface area contributed by atoms with Gasteiger partial charge in [0.05, 0.1) is 0 Å². The van der Waals surface area contributed by atoms with Gasteiger partial charge in [0.1, 0.15) is 0 Å². The van der Waals surface area contributed by atoms with Gasteiger partial charge in [-0.25, -0.2) is 9.97 Å². The molecule has 0 spiro atoms. The van der Waals surface area contributed by atoms with Gasteiger partial charge in [-0.3, -0.25) is 4.90 Å². The molecule has 1 aromatic carbocycles. The molecule has 1 atom stereocenters. The maximum absolute atomic E-state index is 5.75. The first-order valence-electron chi connectivity index (χ1n) is 7.35. The zero-order valence-corrected chi connectivity index (χ0v) is 12.3. The predicted octanol–water partition coefficient (Wildman–Crippen LogP) is 1.94. The highest BCUT2D eigenvalue weighted by atomic mass is 15.3. The van der Waals surface area contributed by atoms with Crippen molar-refractivity contribution in [1.29, 1.82) is 0 Å². The van der Waals surface area contributed by atoms with Crippen molar-refractivity contribution >= 4 is 11.6 Å². The molecule has 5 heteroatoms. The van der Waals surface area contributed by atoms with E-state index < -0.39 is 0 Å². The van der Waals surface area contributed by atoms with Crippen LogP contribution in [0.2, 0.25) is 0 Å². The van der Waals surface area contributed by atoms with Gasteiger partial charge in [0, 0.05) is 50.3 Å². The summed E-state index contributed by atoms with van der Waals surface area (Å²) in [5.41, 5.74) is 7.88. The van der Waals surface area contributed by atoms with Crippen LogP contribution in [0, 0.1) is 0 Å². The summed E-state index contributed by atoms with van der Waals surface area (Å²) >= 11 is 0. The van der Waals surface area contributed by atoms with Gasteiger partial charge >= 0.3 is 0 Å². The lowest BCUT2D eigenvalue weighted by Gasteiger charge is -2.38. The van der Waals surface area contributed by atoms with Crippen LogP contribution in [0.1, 0.15) is 18.5 Å². The first-order chi connectivity index (χ1) is 10.2. The lowest BCUT2D eigenvalue weighted by molar-refractivity contribution is 0.198. The Bertz CT molecular complexity index is 561. The number of hydrogen-bond donors (Lipinski definition) is 1. The maximum Gasteiger partial charge on any atom is 0.225 e. The van der Waals surface area contributed by atoms with E-state index in [9.17, 15) is 0 Å². The Kier molecular flexibility index (Phi) is 4.01. The number of anilines is 2. The monoisotopic (exact) mass is 283 g/mol. The molecule has 0 radical (unpaired) electrons. The third-order valence-electron chi connectivity index (χ3n) is 4.12. The standard InChI is InChI=1S/C16H21N5/c1-13(14-3-5-15(17)6-4-14)20-9-11-21(12-10-20)16-18-7-2-8-19-16/h2-8,13H,9-12,17H2,1H3. The minimum absolute atomic E-state index is 0.407. The van der Waals surface area contributed by atoms with Gasteiger partial charge in [0.2, 0.25) is 5.95 Å². The average molecular weight is 283 g/mol. The molecule has 2 heterocycles. The van der Waals surface area contributed by atoms with E-state index in [1.54, 1.807) is 12.4 Å². The van der Waals surface area contributed by atoms with E-state index in [1.807, 2.05) is 18.2 Å². The van der Waals surface area contributed by atoms with E-state index in [0.717, 1.165) is 37.8 Å². The van der Waals surface area contributed by atoms with Gasteiger partial charge in [-0.15, -0.1) is 0 Å². The van der Waals surface area contributed by atoms with E-state index in [1.165, 1.54) is 5.56 Å². The molecular weight excluding hydrogens is 262 g/mol. The molecule has 1 aliphatic rings. The van der Waals surface area contributed by atoms with Crippen LogP contribution in [-0.2, 0) is 0 Å². The van der Waals surface area contributed by atoms with Crippen molar-refractivity contribution in [2.45, 2.75) is 13.0 Å². The third kappa shape index (κ3) is 3.13. The molecule has 0 bridgehead atoms. The Labute approximate surface area is 125 Å². The van der Waals surface area contributed by atoms with Crippen molar-refractivity contribution in [1.82, 2.24) is 14.9 Å². The molecule has 2 N–H and O–H groups in total. The van der Waals surface area contributed by atoms with Crippen molar-refractivity contribution in [2.24, 2.45) is 0 Å². The lowest BCUT2D eigenvalue weighted by atomic mass is 10.1. The van der Waals surface area contributed by atoms with Crippen LogP contribution in [-0.4, -0.2) is 41.0 Å². The van der Waals surface area contributed by atoms with Gasteiger partial charge in [-0.05, 0) is 30.7 Å². The van der Waals surface area contributed by atoms with E-state index in [-0.39, 0.29) is 0 Å². The first kappa shape index (κ1) is 13.8. The second kappa shape index (κ2) is 6.10. The van der Waals surface area contributed by atoms with E-state index in [4.69, 9.17) is 5.73 Å². The minimum atomic E-state index is 0.407. The maximum atomic E-state index is 5.75. The smallest absolute Gasteiger partial charge is 0.225 e. The molecule has 5 nitrogen and oxygen atoms in total. The predicted molar refractivity (Wildman–Crippen MR) is 85.1 cm³/mol. The van der Waals surface area contributed by atoms with Gasteiger partial charge in [0.15, 0.2) is 0 Å². The summed E-state index contributed by atoms with van der Waals surface area (Å²) in [4.78, 5) is 13.4. The molecule has 3 rings (SSSR count). The fourth-order valence-electron chi connectivity index (χ4n) is 2.75. The van der Waals surface area contributed by atoms with Crippen molar-refractivity contribution in [3.05, 3.63) is 48.3 Å². The zero-order valence-electron chi connectivity index (χ0n) is 12.3. The summed E-state index contributed by atoms with van der Waals surface area (Å²) in [6.45, 7) is 6.21. The Hall–Kier alpha value is -2.14. The molecule has 1 aliphatic heterocycles. The number of piperazine rings is 1. The zero-order chi connectivity index (χ0) is 14.7. The fourth-order valence-corrected chi connectivity index (χ4v) is 2.75. The molecule has 21 heavy (non-hydrogen) atoms. The molecule has 1 unspecified atom stereocenters. The van der Waals surface area contributed by atoms with Crippen LogP contribution in [0.15, 0.2) is 42.7 Å². The van der Waals surface area contributed by atoms with E-state index in [0.29, 0.717) is 6.04 Å². The Morgan fingerprint density at radius 3 is 2.24 bits per heavy atom. The van der Waals surface area contributed by atoms with Gasteiger partial charge in [-0.1, -0.05) is 12.1 Å². The number of rotatable bonds is 3. The van der Waals surface area contributed by atoms with Crippen LogP contribution in [0.4, 0.5) is 11.6 Å². The van der Waals surface area contributed by atoms with Crippen LogP contribution in [0.25, 0.3) is 0 Å². The van der Waals surface area contributed by atoms with Crippen LogP contribution >= 0.6 is 0 Å². The minimum Gasteiger partial charge on any atom is -0.399 e. The molecular formula is C16H21N5. The number of nitrogen functional groups attached to an aromatic ring is 1. The number of aromatic nitrogens is 2. The lowest BCUT2D eigenvalue weighted by Crippen LogP contribution is -2.47. The summed E-state index contributed by atoms with van der Waals surface area (Å²) in [7, 11) is 0. The van der Waals surface area contributed by atoms with Crippen molar-refractivity contribution in [2.75, 3.05) is 36.8 Å². The normalized spacial score (nSPS) is 17.7. The number of nitrogens with zero attached hydrogens (tertiary/aromatic N) is 4.